The monoisotopic (exact) mass is 586 g/mol. The third-order valence-electron chi connectivity index (χ3n) is 6.17. The number of benzene rings is 3. The molecule has 0 unspecified atom stereocenters. The maximum Gasteiger partial charge on any atom is 0.394 e. The van der Waals surface area contributed by atoms with Gasteiger partial charge >= 0.3 is 6.11 Å². The topological polar surface area (TPSA) is 86.6 Å². The fourth-order valence-corrected chi connectivity index (χ4v) is 4.92. The van der Waals surface area contributed by atoms with E-state index in [0.29, 0.717) is 37.0 Å². The summed E-state index contributed by atoms with van der Waals surface area (Å²) in [6.45, 7) is 2.78. The summed E-state index contributed by atoms with van der Waals surface area (Å²) in [5, 5.41) is 2.73. The number of nitrogens with zero attached hydrogens (tertiary/aromatic N) is 1. The summed E-state index contributed by atoms with van der Waals surface area (Å²) >= 11 is 0. The summed E-state index contributed by atoms with van der Waals surface area (Å²) in [6.07, 6.45) is -2.20. The number of aromatic nitrogens is 1. The molecular weight excluding hydrogens is 557 g/mol. The molecule has 4 rings (SSSR count). The molecule has 0 aliphatic rings. The first-order chi connectivity index (χ1) is 19.3. The van der Waals surface area contributed by atoms with Crippen LogP contribution in [0.25, 0.3) is 5.69 Å². The van der Waals surface area contributed by atoms with Gasteiger partial charge in [0.1, 0.15) is 5.82 Å². The van der Waals surface area contributed by atoms with Crippen molar-refractivity contribution in [2.75, 3.05) is 18.2 Å². The molecule has 4 aromatic rings. The van der Waals surface area contributed by atoms with Crippen molar-refractivity contribution in [2.45, 2.75) is 37.9 Å². The Morgan fingerprint density at radius 3 is 2.32 bits per heavy atom. The number of hydrogen-bond acceptors (Lipinski definition) is 5. The Bertz CT molecular complexity index is 1630. The van der Waals surface area contributed by atoms with Crippen molar-refractivity contribution in [1.29, 1.82) is 0 Å². The van der Waals surface area contributed by atoms with Gasteiger partial charge < -0.3 is 19.4 Å². The average molecular weight is 587 g/mol. The van der Waals surface area contributed by atoms with E-state index < -0.39 is 33.4 Å². The summed E-state index contributed by atoms with van der Waals surface area (Å²) in [4.78, 5) is 13.4. The van der Waals surface area contributed by atoms with E-state index in [-0.39, 0.29) is 22.8 Å². The quantitative estimate of drug-likeness (QED) is 0.208. The SMILES string of the molecule is Cc1c(C(=O)Nc2ccc(S(C)(=O)=O)cc2)cc(CCOCc2ccccc2)n1-c1ccc(F)cc1OC(C)(F)F. The summed E-state index contributed by atoms with van der Waals surface area (Å²) in [7, 11) is -3.41. The van der Waals surface area contributed by atoms with E-state index in [0.717, 1.165) is 24.0 Å². The molecule has 0 aliphatic carbocycles. The second-order valence-corrected chi connectivity index (χ2v) is 11.5. The lowest BCUT2D eigenvalue weighted by Gasteiger charge is -2.20. The molecule has 0 saturated carbocycles. The third-order valence-corrected chi connectivity index (χ3v) is 7.30. The number of carbonyl (C=O) groups is 1. The highest BCUT2D eigenvalue weighted by Gasteiger charge is 2.27. The van der Waals surface area contributed by atoms with Crippen molar-refractivity contribution in [3.63, 3.8) is 0 Å². The minimum atomic E-state index is -3.58. The van der Waals surface area contributed by atoms with Crippen LogP contribution in [-0.4, -0.2) is 37.9 Å². The van der Waals surface area contributed by atoms with E-state index in [1.54, 1.807) is 17.6 Å². The molecule has 1 aromatic heterocycles. The number of halogens is 3. The van der Waals surface area contributed by atoms with Gasteiger partial charge in [-0.3, -0.25) is 4.79 Å². The zero-order chi connectivity index (χ0) is 29.8. The molecule has 1 heterocycles. The molecule has 0 saturated heterocycles. The first kappa shape index (κ1) is 29.9. The molecule has 3 aromatic carbocycles. The van der Waals surface area contributed by atoms with Gasteiger partial charge in [0.05, 0.1) is 29.4 Å². The molecule has 1 N–H and O–H groups in total. The molecule has 1 amide bonds. The zero-order valence-electron chi connectivity index (χ0n) is 22.7. The van der Waals surface area contributed by atoms with Gasteiger partial charge in [-0.2, -0.15) is 8.78 Å². The van der Waals surface area contributed by atoms with E-state index in [1.807, 2.05) is 30.3 Å². The summed E-state index contributed by atoms with van der Waals surface area (Å²) in [5.41, 5.74) is 2.63. The van der Waals surface area contributed by atoms with Gasteiger partial charge in [-0.1, -0.05) is 30.3 Å². The highest BCUT2D eigenvalue weighted by Crippen LogP contribution is 2.33. The fourth-order valence-electron chi connectivity index (χ4n) is 4.29. The predicted octanol–water partition coefficient (Wildman–Crippen LogP) is 6.33. The highest BCUT2D eigenvalue weighted by atomic mass is 32.2. The minimum absolute atomic E-state index is 0.104. The summed E-state index contributed by atoms with van der Waals surface area (Å²) in [6, 6.07) is 20.1. The lowest BCUT2D eigenvalue weighted by atomic mass is 10.2. The summed E-state index contributed by atoms with van der Waals surface area (Å²) < 4.78 is 77.4. The molecular formula is C30H29F3N2O5S. The van der Waals surface area contributed by atoms with Crippen LogP contribution >= 0.6 is 0 Å². The average Bonchev–Trinajstić information content (AvgIpc) is 3.22. The summed E-state index contributed by atoms with van der Waals surface area (Å²) in [5.74, 6) is -1.67. The lowest BCUT2D eigenvalue weighted by Crippen LogP contribution is -2.21. The zero-order valence-corrected chi connectivity index (χ0v) is 23.5. The van der Waals surface area contributed by atoms with E-state index in [1.165, 1.54) is 30.3 Å². The van der Waals surface area contributed by atoms with Crippen molar-refractivity contribution in [2.24, 2.45) is 0 Å². The van der Waals surface area contributed by atoms with Crippen LogP contribution in [0.15, 0.2) is 83.8 Å². The van der Waals surface area contributed by atoms with Gasteiger partial charge in [0.15, 0.2) is 15.6 Å². The number of nitrogens with one attached hydrogen (secondary N) is 1. The number of sulfone groups is 1. The molecule has 7 nitrogen and oxygen atoms in total. The van der Waals surface area contributed by atoms with Gasteiger partial charge in [0, 0.05) is 42.7 Å². The maximum atomic E-state index is 14.1. The van der Waals surface area contributed by atoms with Crippen molar-refractivity contribution in [3.05, 3.63) is 107 Å². The molecule has 216 valence electrons. The number of rotatable bonds is 11. The highest BCUT2D eigenvalue weighted by molar-refractivity contribution is 7.90. The number of amides is 1. The third kappa shape index (κ3) is 7.77. The van der Waals surface area contributed by atoms with Crippen molar-refractivity contribution in [1.82, 2.24) is 4.57 Å². The Balaban J connectivity index is 1.67. The smallest absolute Gasteiger partial charge is 0.394 e. The van der Waals surface area contributed by atoms with Gasteiger partial charge in [0.2, 0.25) is 0 Å². The number of anilines is 1. The maximum absolute atomic E-state index is 14.1. The largest absolute Gasteiger partial charge is 0.430 e. The van der Waals surface area contributed by atoms with Crippen molar-refractivity contribution >= 4 is 21.4 Å². The van der Waals surface area contributed by atoms with E-state index in [2.05, 4.69) is 5.32 Å². The second kappa shape index (κ2) is 12.2. The molecule has 0 bridgehead atoms. The Labute approximate surface area is 236 Å². The van der Waals surface area contributed by atoms with Crippen LogP contribution in [0.2, 0.25) is 0 Å². The Hall–Kier alpha value is -4.09. The Kier molecular flexibility index (Phi) is 8.89. The van der Waals surface area contributed by atoms with Crippen LogP contribution in [0.1, 0.15) is 34.2 Å². The normalized spacial score (nSPS) is 11.9. The second-order valence-electron chi connectivity index (χ2n) is 9.53. The molecule has 0 spiro atoms. The van der Waals surface area contributed by atoms with Crippen LogP contribution in [-0.2, 0) is 27.6 Å². The Morgan fingerprint density at radius 2 is 1.68 bits per heavy atom. The standard InChI is InChI=1S/C30H29F3N2O5S/c1-20-26(29(36)34-23-10-12-25(13-11-23)41(3,37)38)18-24(15-16-39-19-21-7-5-4-6-8-21)35(20)27-14-9-22(31)17-28(27)40-30(2,32)33/h4-14,17-18H,15-16,19H2,1-3H3,(H,34,36). The fraction of sp³-hybridized carbons (Fsp3) is 0.233. The number of hydrogen-bond donors (Lipinski definition) is 1. The van der Waals surface area contributed by atoms with Crippen LogP contribution in [0.3, 0.4) is 0 Å². The number of carbonyl (C=O) groups excluding carboxylic acids is 1. The predicted molar refractivity (Wildman–Crippen MR) is 149 cm³/mol. The van der Waals surface area contributed by atoms with E-state index in [9.17, 15) is 26.4 Å². The van der Waals surface area contributed by atoms with E-state index >= 15 is 0 Å². The van der Waals surface area contributed by atoms with Crippen LogP contribution in [0.5, 0.6) is 5.75 Å². The van der Waals surface area contributed by atoms with Crippen molar-refractivity contribution < 1.29 is 35.9 Å². The molecule has 0 radical (unpaired) electrons. The molecule has 0 atom stereocenters. The first-order valence-corrected chi connectivity index (χ1v) is 14.5. The molecule has 0 fully saturated rings. The van der Waals surface area contributed by atoms with Crippen LogP contribution in [0.4, 0.5) is 18.9 Å². The first-order valence-electron chi connectivity index (χ1n) is 12.6. The van der Waals surface area contributed by atoms with Gasteiger partial charge in [0.25, 0.3) is 5.91 Å². The molecule has 41 heavy (non-hydrogen) atoms. The minimum Gasteiger partial charge on any atom is -0.430 e. The molecule has 0 aliphatic heterocycles. The van der Waals surface area contributed by atoms with Gasteiger partial charge in [-0.25, -0.2) is 12.8 Å². The van der Waals surface area contributed by atoms with Crippen LogP contribution < -0.4 is 10.1 Å². The van der Waals surface area contributed by atoms with Crippen molar-refractivity contribution in [3.8, 4) is 11.4 Å². The number of alkyl halides is 2. The van der Waals surface area contributed by atoms with E-state index in [4.69, 9.17) is 9.47 Å². The number of ether oxygens (including phenoxy) is 2. The molecule has 11 heteroatoms. The van der Waals surface area contributed by atoms with Gasteiger partial charge in [-0.15, -0.1) is 0 Å². The van der Waals surface area contributed by atoms with Crippen LogP contribution in [0, 0.1) is 12.7 Å². The van der Waals surface area contributed by atoms with Gasteiger partial charge in [-0.05, 0) is 55.0 Å². The Morgan fingerprint density at radius 1 is 1.00 bits per heavy atom. The lowest BCUT2D eigenvalue weighted by molar-refractivity contribution is -0.159.